The predicted octanol–water partition coefficient (Wildman–Crippen LogP) is 3.49. The smallest absolute Gasteiger partial charge is 0.115 e. The first kappa shape index (κ1) is 11.5. The Morgan fingerprint density at radius 3 is 2.47 bits per heavy atom. The molecule has 0 amide bonds. The number of hydrogen-bond acceptors (Lipinski definition) is 3. The minimum Gasteiger partial charge on any atom is -0.508 e. The van der Waals surface area contributed by atoms with Gasteiger partial charge in [0.05, 0.1) is 11.9 Å². The van der Waals surface area contributed by atoms with Crippen LogP contribution in [0.3, 0.4) is 0 Å². The van der Waals surface area contributed by atoms with E-state index in [2.05, 4.69) is 10.5 Å². The van der Waals surface area contributed by atoms with Crippen LogP contribution in [0.1, 0.15) is 5.56 Å². The quantitative estimate of drug-likeness (QED) is 0.495. The average Bonchev–Trinajstić information content (AvgIpc) is 2.34. The molecule has 4 heteroatoms. The number of nitrogens with zero attached hydrogens (tertiary/aromatic N) is 1. The minimum absolute atomic E-state index is 0.227. The molecule has 0 fully saturated rings. The van der Waals surface area contributed by atoms with Gasteiger partial charge < -0.3 is 5.11 Å². The predicted molar refractivity (Wildman–Crippen MR) is 70.8 cm³/mol. The summed E-state index contributed by atoms with van der Waals surface area (Å²) in [6.45, 7) is 0. The second-order valence-electron chi connectivity index (χ2n) is 3.44. The lowest BCUT2D eigenvalue weighted by molar-refractivity contribution is 0.475. The Labute approximate surface area is 104 Å². The molecule has 0 radical (unpaired) electrons. The summed E-state index contributed by atoms with van der Waals surface area (Å²) in [7, 11) is 0. The maximum Gasteiger partial charge on any atom is 0.115 e. The van der Waals surface area contributed by atoms with E-state index in [0.29, 0.717) is 5.02 Å². The molecule has 0 aromatic heterocycles. The number of aromatic hydroxyl groups is 1. The summed E-state index contributed by atoms with van der Waals surface area (Å²) in [5.41, 5.74) is 4.49. The van der Waals surface area contributed by atoms with E-state index in [0.717, 1.165) is 11.3 Å². The zero-order chi connectivity index (χ0) is 12.1. The van der Waals surface area contributed by atoms with Crippen molar-refractivity contribution in [1.29, 1.82) is 0 Å². The molecular weight excluding hydrogens is 236 g/mol. The van der Waals surface area contributed by atoms with Crippen LogP contribution in [0, 0.1) is 0 Å². The standard InChI is InChI=1S/C13H11ClN2O/c14-13-4-2-1-3-10(13)9-15-16-11-5-7-12(17)8-6-11/h1-9,16-17H. The lowest BCUT2D eigenvalue weighted by atomic mass is 10.2. The maximum absolute atomic E-state index is 9.11. The van der Waals surface area contributed by atoms with Crippen molar-refractivity contribution in [3.63, 3.8) is 0 Å². The molecule has 0 spiro atoms. The van der Waals surface area contributed by atoms with Crippen LogP contribution in [0.4, 0.5) is 5.69 Å². The molecule has 2 aromatic carbocycles. The van der Waals surface area contributed by atoms with Crippen molar-refractivity contribution >= 4 is 23.5 Å². The zero-order valence-electron chi connectivity index (χ0n) is 8.97. The van der Waals surface area contributed by atoms with E-state index in [1.54, 1.807) is 30.5 Å². The molecule has 0 saturated carbocycles. The number of benzene rings is 2. The lowest BCUT2D eigenvalue weighted by Gasteiger charge is -2.00. The van der Waals surface area contributed by atoms with Gasteiger partial charge in [0.1, 0.15) is 5.75 Å². The highest BCUT2D eigenvalue weighted by Gasteiger charge is 1.94. The molecule has 0 unspecified atom stereocenters. The van der Waals surface area contributed by atoms with E-state index in [1.165, 1.54) is 0 Å². The molecule has 86 valence electrons. The van der Waals surface area contributed by atoms with E-state index in [-0.39, 0.29) is 5.75 Å². The maximum atomic E-state index is 9.11. The summed E-state index contributed by atoms with van der Waals surface area (Å²) in [5.74, 6) is 0.227. The molecule has 0 aliphatic heterocycles. The Hall–Kier alpha value is -2.00. The number of nitrogens with one attached hydrogen (secondary N) is 1. The fourth-order valence-corrected chi connectivity index (χ4v) is 1.48. The van der Waals surface area contributed by atoms with Gasteiger partial charge in [-0.3, -0.25) is 5.43 Å². The summed E-state index contributed by atoms with van der Waals surface area (Å²) in [4.78, 5) is 0. The highest BCUT2D eigenvalue weighted by atomic mass is 35.5. The summed E-state index contributed by atoms with van der Waals surface area (Å²) in [5, 5.41) is 13.8. The van der Waals surface area contributed by atoms with Crippen LogP contribution in [0.25, 0.3) is 0 Å². The third kappa shape index (κ3) is 3.23. The Bertz CT molecular complexity index is 523. The van der Waals surface area contributed by atoms with Gasteiger partial charge in [-0.25, -0.2) is 0 Å². The summed E-state index contributed by atoms with van der Waals surface area (Å²) in [6.07, 6.45) is 1.65. The molecule has 3 nitrogen and oxygen atoms in total. The normalized spacial score (nSPS) is 10.6. The van der Waals surface area contributed by atoms with Crippen molar-refractivity contribution < 1.29 is 5.11 Å². The Morgan fingerprint density at radius 2 is 1.76 bits per heavy atom. The SMILES string of the molecule is Oc1ccc(NN=Cc2ccccc2Cl)cc1. The van der Waals surface area contributed by atoms with Crippen LogP contribution < -0.4 is 5.43 Å². The first-order valence-electron chi connectivity index (χ1n) is 5.08. The summed E-state index contributed by atoms with van der Waals surface area (Å²) >= 11 is 5.97. The Balaban J connectivity index is 2.03. The number of hydrazone groups is 1. The third-order valence-electron chi connectivity index (χ3n) is 2.17. The number of halogens is 1. The Morgan fingerprint density at radius 1 is 1.06 bits per heavy atom. The molecule has 2 rings (SSSR count). The van der Waals surface area contributed by atoms with E-state index in [9.17, 15) is 0 Å². The van der Waals surface area contributed by atoms with Crippen molar-refractivity contribution in [1.82, 2.24) is 0 Å². The topological polar surface area (TPSA) is 44.6 Å². The second kappa shape index (κ2) is 5.37. The second-order valence-corrected chi connectivity index (χ2v) is 3.85. The molecule has 2 N–H and O–H groups in total. The Kier molecular flexibility index (Phi) is 3.62. The van der Waals surface area contributed by atoms with Crippen LogP contribution in [-0.4, -0.2) is 11.3 Å². The van der Waals surface area contributed by atoms with Crippen molar-refractivity contribution in [2.75, 3.05) is 5.43 Å². The molecule has 2 aromatic rings. The first-order chi connectivity index (χ1) is 8.25. The van der Waals surface area contributed by atoms with Crippen LogP contribution >= 0.6 is 11.6 Å². The van der Waals surface area contributed by atoms with Gasteiger partial charge in [0.25, 0.3) is 0 Å². The van der Waals surface area contributed by atoms with Crippen molar-refractivity contribution in [3.05, 3.63) is 59.1 Å². The largest absolute Gasteiger partial charge is 0.508 e. The van der Waals surface area contributed by atoms with E-state index < -0.39 is 0 Å². The highest BCUT2D eigenvalue weighted by Crippen LogP contribution is 2.14. The van der Waals surface area contributed by atoms with Gasteiger partial charge >= 0.3 is 0 Å². The monoisotopic (exact) mass is 246 g/mol. The molecular formula is C13H11ClN2O. The van der Waals surface area contributed by atoms with Gasteiger partial charge in [0, 0.05) is 10.6 Å². The summed E-state index contributed by atoms with van der Waals surface area (Å²) in [6, 6.07) is 14.1. The number of rotatable bonds is 3. The third-order valence-corrected chi connectivity index (χ3v) is 2.51. The number of phenolic OH excluding ortho intramolecular Hbond substituents is 1. The molecule has 0 aliphatic carbocycles. The number of hydrogen-bond donors (Lipinski definition) is 2. The number of phenols is 1. The van der Waals surface area contributed by atoms with E-state index in [1.807, 2.05) is 24.3 Å². The molecule has 17 heavy (non-hydrogen) atoms. The van der Waals surface area contributed by atoms with Crippen LogP contribution in [-0.2, 0) is 0 Å². The van der Waals surface area contributed by atoms with Gasteiger partial charge in [-0.05, 0) is 30.3 Å². The highest BCUT2D eigenvalue weighted by molar-refractivity contribution is 6.33. The molecule has 0 saturated heterocycles. The van der Waals surface area contributed by atoms with Gasteiger partial charge in [-0.1, -0.05) is 29.8 Å². The van der Waals surface area contributed by atoms with Crippen LogP contribution in [0.2, 0.25) is 5.02 Å². The fraction of sp³-hybridized carbons (Fsp3) is 0. The van der Waals surface area contributed by atoms with Gasteiger partial charge in [0.2, 0.25) is 0 Å². The minimum atomic E-state index is 0.227. The fourth-order valence-electron chi connectivity index (χ4n) is 1.29. The number of anilines is 1. The summed E-state index contributed by atoms with van der Waals surface area (Å²) < 4.78 is 0. The van der Waals surface area contributed by atoms with Gasteiger partial charge in [-0.15, -0.1) is 0 Å². The van der Waals surface area contributed by atoms with E-state index in [4.69, 9.17) is 16.7 Å². The zero-order valence-corrected chi connectivity index (χ0v) is 9.72. The average molecular weight is 247 g/mol. The van der Waals surface area contributed by atoms with Gasteiger partial charge in [0.15, 0.2) is 0 Å². The van der Waals surface area contributed by atoms with Crippen molar-refractivity contribution in [2.45, 2.75) is 0 Å². The lowest BCUT2D eigenvalue weighted by Crippen LogP contribution is -1.90. The van der Waals surface area contributed by atoms with E-state index >= 15 is 0 Å². The first-order valence-corrected chi connectivity index (χ1v) is 5.46. The van der Waals surface area contributed by atoms with Crippen molar-refractivity contribution in [2.24, 2.45) is 5.10 Å². The van der Waals surface area contributed by atoms with Crippen molar-refractivity contribution in [3.8, 4) is 5.75 Å². The molecule has 0 bridgehead atoms. The molecule has 0 atom stereocenters. The van der Waals surface area contributed by atoms with Gasteiger partial charge in [-0.2, -0.15) is 5.10 Å². The van der Waals surface area contributed by atoms with Crippen LogP contribution in [0.15, 0.2) is 53.6 Å². The molecule has 0 aliphatic rings. The van der Waals surface area contributed by atoms with Crippen LogP contribution in [0.5, 0.6) is 5.75 Å². The molecule has 0 heterocycles.